The van der Waals surface area contributed by atoms with Gasteiger partial charge in [-0.3, -0.25) is 9.88 Å². The molecule has 1 aromatic heterocycles. The number of nitrogens with one attached hydrogen (secondary N) is 1. The summed E-state index contributed by atoms with van der Waals surface area (Å²) in [5, 5.41) is 3.22. The maximum absolute atomic E-state index is 13.9. The first-order valence-electron chi connectivity index (χ1n) is 11.1. The van der Waals surface area contributed by atoms with E-state index in [0.29, 0.717) is 17.0 Å². The third-order valence-electron chi connectivity index (χ3n) is 5.39. The molecular formula is C26H33FN4O. The van der Waals surface area contributed by atoms with Gasteiger partial charge < -0.3 is 15.8 Å². The molecule has 0 radical (unpaired) electrons. The summed E-state index contributed by atoms with van der Waals surface area (Å²) in [6.07, 6.45) is 16.5. The van der Waals surface area contributed by atoms with Crippen LogP contribution in [0.25, 0.3) is 0 Å². The summed E-state index contributed by atoms with van der Waals surface area (Å²) in [7, 11) is 0. The van der Waals surface area contributed by atoms with E-state index in [4.69, 9.17) is 10.5 Å². The van der Waals surface area contributed by atoms with E-state index in [2.05, 4.69) is 46.8 Å². The molecule has 170 valence electrons. The van der Waals surface area contributed by atoms with E-state index in [0.717, 1.165) is 25.6 Å². The normalized spacial score (nSPS) is 17.2. The van der Waals surface area contributed by atoms with Gasteiger partial charge in [-0.15, -0.1) is 12.8 Å². The quantitative estimate of drug-likeness (QED) is 0.553. The van der Waals surface area contributed by atoms with Crippen molar-refractivity contribution >= 4 is 5.69 Å². The van der Waals surface area contributed by atoms with E-state index >= 15 is 0 Å². The number of aromatic nitrogens is 1. The Morgan fingerprint density at radius 2 is 2.03 bits per heavy atom. The average molecular weight is 437 g/mol. The zero-order chi connectivity index (χ0) is 23.2. The molecule has 2 fully saturated rings. The summed E-state index contributed by atoms with van der Waals surface area (Å²) < 4.78 is 19.6. The lowest BCUT2D eigenvalue weighted by Gasteiger charge is -2.11. The summed E-state index contributed by atoms with van der Waals surface area (Å²) in [4.78, 5) is 6.45. The van der Waals surface area contributed by atoms with E-state index in [9.17, 15) is 4.39 Å². The van der Waals surface area contributed by atoms with Crippen molar-refractivity contribution in [3.05, 3.63) is 48.0 Å². The van der Waals surface area contributed by atoms with Crippen molar-refractivity contribution < 1.29 is 9.13 Å². The minimum absolute atomic E-state index is 0.119. The largest absolute Gasteiger partial charge is 0.453 e. The number of halogens is 1. The second-order valence-electron chi connectivity index (χ2n) is 7.72. The van der Waals surface area contributed by atoms with E-state index in [1.54, 1.807) is 24.5 Å². The molecule has 0 unspecified atom stereocenters. The van der Waals surface area contributed by atoms with Crippen LogP contribution < -0.4 is 15.8 Å². The number of pyridine rings is 1. The number of benzene rings is 1. The molecule has 5 nitrogen and oxygen atoms in total. The number of hydrogen-bond acceptors (Lipinski definition) is 5. The van der Waals surface area contributed by atoms with Crippen molar-refractivity contribution in [3.8, 4) is 36.2 Å². The van der Waals surface area contributed by atoms with Crippen LogP contribution in [-0.2, 0) is 0 Å². The Morgan fingerprint density at radius 1 is 1.25 bits per heavy atom. The highest BCUT2D eigenvalue weighted by Crippen LogP contribution is 2.27. The Kier molecular flexibility index (Phi) is 11.1. The van der Waals surface area contributed by atoms with Gasteiger partial charge in [-0.25, -0.2) is 4.39 Å². The molecule has 2 aliphatic heterocycles. The van der Waals surface area contributed by atoms with Crippen molar-refractivity contribution in [3.63, 3.8) is 0 Å². The van der Waals surface area contributed by atoms with E-state index in [-0.39, 0.29) is 5.75 Å². The molecule has 1 aromatic carbocycles. The summed E-state index contributed by atoms with van der Waals surface area (Å²) in [5.41, 5.74) is 6.56. The lowest BCUT2D eigenvalue weighted by Crippen LogP contribution is -2.20. The van der Waals surface area contributed by atoms with Gasteiger partial charge in [0.25, 0.3) is 0 Å². The number of likely N-dealkylation sites (tertiary alicyclic amines) is 1. The standard InChI is InChI=1S/C20H22FN3O.C4H9N.C2H2/c1-2-15-8-11-24(14-15)10-3-4-16-13-23-9-7-19(16)25-20-6-5-17(22)12-18(20)21;1-2-4-5-3-1;1-2/h5-7,9,12-13,15H,2,8,10-11,14,22H2,1H3;5H,1-4H2;1-2H/t15-;;/m0../s1. The van der Waals surface area contributed by atoms with Gasteiger partial charge in [0.15, 0.2) is 11.6 Å². The van der Waals surface area contributed by atoms with Crippen LogP contribution in [0.15, 0.2) is 36.7 Å². The molecule has 2 aromatic rings. The zero-order valence-electron chi connectivity index (χ0n) is 18.8. The molecule has 2 aliphatic rings. The number of anilines is 1. The predicted molar refractivity (Wildman–Crippen MR) is 129 cm³/mol. The number of hydrogen-bond donors (Lipinski definition) is 2. The molecule has 0 saturated carbocycles. The number of nitrogen functional groups attached to an aromatic ring is 1. The highest BCUT2D eigenvalue weighted by atomic mass is 19.1. The first-order valence-corrected chi connectivity index (χ1v) is 11.1. The van der Waals surface area contributed by atoms with Gasteiger partial charge in [0.1, 0.15) is 5.75 Å². The van der Waals surface area contributed by atoms with Crippen molar-refractivity contribution in [2.75, 3.05) is 38.5 Å². The van der Waals surface area contributed by atoms with Crippen LogP contribution in [0, 0.1) is 36.4 Å². The lowest BCUT2D eigenvalue weighted by molar-refractivity contribution is 0.362. The van der Waals surface area contributed by atoms with Crippen LogP contribution in [0.4, 0.5) is 10.1 Å². The van der Waals surface area contributed by atoms with Gasteiger partial charge in [0.05, 0.1) is 12.1 Å². The van der Waals surface area contributed by atoms with Crippen molar-refractivity contribution in [2.24, 2.45) is 5.92 Å². The van der Waals surface area contributed by atoms with E-state index < -0.39 is 5.82 Å². The summed E-state index contributed by atoms with van der Waals surface area (Å²) in [6.45, 7) is 7.66. The molecule has 3 heterocycles. The molecule has 2 saturated heterocycles. The maximum atomic E-state index is 13.9. The first kappa shape index (κ1) is 25.2. The van der Waals surface area contributed by atoms with E-state index in [1.807, 2.05) is 0 Å². The zero-order valence-corrected chi connectivity index (χ0v) is 18.8. The monoisotopic (exact) mass is 436 g/mol. The van der Waals surface area contributed by atoms with Gasteiger partial charge in [0.2, 0.25) is 0 Å². The summed E-state index contributed by atoms with van der Waals surface area (Å²) in [5.74, 6) is 7.17. The fraction of sp³-hybridized carbons (Fsp3) is 0.423. The number of terminal acetylenes is 1. The molecule has 32 heavy (non-hydrogen) atoms. The van der Waals surface area contributed by atoms with Gasteiger partial charge >= 0.3 is 0 Å². The highest BCUT2D eigenvalue weighted by molar-refractivity contribution is 5.48. The van der Waals surface area contributed by atoms with Gasteiger partial charge in [0, 0.05) is 36.8 Å². The number of rotatable bonds is 4. The number of nitrogens with two attached hydrogens (primary N) is 1. The lowest BCUT2D eigenvalue weighted by atomic mass is 10.1. The maximum Gasteiger partial charge on any atom is 0.167 e. The van der Waals surface area contributed by atoms with Crippen LogP contribution in [-0.4, -0.2) is 42.6 Å². The molecule has 0 amide bonds. The van der Waals surface area contributed by atoms with Gasteiger partial charge in [-0.1, -0.05) is 25.2 Å². The third-order valence-corrected chi connectivity index (χ3v) is 5.39. The average Bonchev–Trinajstić information content (AvgIpc) is 3.53. The number of ether oxygens (including phenoxy) is 1. The summed E-state index contributed by atoms with van der Waals surface area (Å²) >= 11 is 0. The van der Waals surface area contributed by atoms with Crippen LogP contribution in [0.3, 0.4) is 0 Å². The highest BCUT2D eigenvalue weighted by Gasteiger charge is 2.19. The van der Waals surface area contributed by atoms with Crippen molar-refractivity contribution in [1.82, 2.24) is 15.2 Å². The minimum atomic E-state index is -0.501. The van der Waals surface area contributed by atoms with Gasteiger partial charge in [-0.2, -0.15) is 0 Å². The van der Waals surface area contributed by atoms with E-state index in [1.165, 1.54) is 50.9 Å². The van der Waals surface area contributed by atoms with Crippen LogP contribution >= 0.6 is 0 Å². The Bertz CT molecular complexity index is 907. The summed E-state index contributed by atoms with van der Waals surface area (Å²) in [6, 6.07) is 6.03. The minimum Gasteiger partial charge on any atom is -0.453 e. The Hall–Kier alpha value is -3.06. The molecule has 4 rings (SSSR count). The third kappa shape index (κ3) is 8.23. The number of nitrogens with zero attached hydrogens (tertiary/aromatic N) is 2. The molecular weight excluding hydrogens is 403 g/mol. The molecule has 0 bridgehead atoms. The topological polar surface area (TPSA) is 63.4 Å². The van der Waals surface area contributed by atoms with Crippen molar-refractivity contribution in [1.29, 1.82) is 0 Å². The molecule has 6 heteroatoms. The fourth-order valence-corrected chi connectivity index (χ4v) is 3.54. The van der Waals surface area contributed by atoms with Crippen LogP contribution in [0.5, 0.6) is 11.5 Å². The Labute approximate surface area is 191 Å². The predicted octanol–water partition coefficient (Wildman–Crippen LogP) is 4.30. The second-order valence-corrected chi connectivity index (χ2v) is 7.72. The van der Waals surface area contributed by atoms with Gasteiger partial charge in [-0.05, 0) is 56.9 Å². The molecule has 3 N–H and O–H groups in total. The van der Waals surface area contributed by atoms with Crippen LogP contribution in [0.2, 0.25) is 0 Å². The molecule has 0 aliphatic carbocycles. The van der Waals surface area contributed by atoms with Crippen molar-refractivity contribution in [2.45, 2.75) is 32.6 Å². The molecule has 0 spiro atoms. The Morgan fingerprint density at radius 3 is 2.66 bits per heavy atom. The Balaban J connectivity index is 0.000000448. The van der Waals surface area contributed by atoms with Crippen LogP contribution in [0.1, 0.15) is 38.2 Å². The SMILES string of the molecule is C#C.C1CCNC1.CC[C@H]1CCN(CC#Cc2cnccc2Oc2ccc(N)cc2F)C1. The smallest absolute Gasteiger partial charge is 0.167 e. The fourth-order valence-electron chi connectivity index (χ4n) is 3.54. The second kappa shape index (κ2) is 14.1. The first-order chi connectivity index (χ1) is 15.7. The molecule has 1 atom stereocenters.